The Morgan fingerprint density at radius 1 is 1.18 bits per heavy atom. The quantitative estimate of drug-likeness (QED) is 0.216. The Morgan fingerprint density at radius 3 is 2.85 bits per heavy atom. The molecule has 2 heterocycles. The fourth-order valence-electron chi connectivity index (χ4n) is 3.46. The molecule has 2 aromatic carbocycles. The molecule has 4 aromatic rings. The monoisotopic (exact) mass is 481 g/mol. The largest absolute Gasteiger partial charge is 0.456 e. The van der Waals surface area contributed by atoms with Crippen LogP contribution in [-0.2, 0) is 11.3 Å². The Hall–Kier alpha value is -3.53. The number of nitroso groups, excluding NO2 is 1. The van der Waals surface area contributed by atoms with Crippen LogP contribution in [-0.4, -0.2) is 39.5 Å². The highest BCUT2D eigenvalue weighted by Gasteiger charge is 2.12. The van der Waals surface area contributed by atoms with Gasteiger partial charge in [0.05, 0.1) is 30.4 Å². The van der Waals surface area contributed by atoms with Crippen molar-refractivity contribution in [1.82, 2.24) is 14.5 Å². The lowest BCUT2D eigenvalue weighted by Crippen LogP contribution is -2.09. The highest BCUT2D eigenvalue weighted by atomic mass is 35.5. The van der Waals surface area contributed by atoms with Crippen LogP contribution in [0, 0.1) is 4.91 Å². The molecule has 0 amide bonds. The summed E-state index contributed by atoms with van der Waals surface area (Å²) in [6, 6.07) is 14.0. The van der Waals surface area contributed by atoms with Gasteiger partial charge in [-0.05, 0) is 48.9 Å². The first-order chi connectivity index (χ1) is 16.6. The smallest absolute Gasteiger partial charge is 0.158 e. The molecule has 0 aliphatic heterocycles. The Bertz CT molecular complexity index is 1280. The summed E-state index contributed by atoms with van der Waals surface area (Å²) in [6.07, 6.45) is 3.42. The van der Waals surface area contributed by atoms with Gasteiger partial charge in [0.2, 0.25) is 0 Å². The van der Waals surface area contributed by atoms with Crippen LogP contribution >= 0.6 is 11.6 Å². The number of aliphatic hydroxyl groups is 1. The second kappa shape index (κ2) is 11.1. The molecule has 0 bridgehead atoms. The molecule has 0 fully saturated rings. The van der Waals surface area contributed by atoms with Crippen LogP contribution in [0.15, 0.2) is 66.2 Å². The van der Waals surface area contributed by atoms with Gasteiger partial charge in [0, 0.05) is 18.4 Å². The number of nitrogens with one attached hydrogen (secondary N) is 1. The van der Waals surface area contributed by atoms with E-state index in [-0.39, 0.29) is 6.61 Å². The van der Waals surface area contributed by atoms with Crippen molar-refractivity contribution in [2.45, 2.75) is 19.5 Å². The van der Waals surface area contributed by atoms with Gasteiger partial charge in [-0.15, -0.1) is 0 Å². The van der Waals surface area contributed by atoms with Crippen LogP contribution < -0.4 is 10.1 Å². The number of rotatable bonds is 11. The SMILES string of the molecule is CC(N=O)c1cccc(Oc2ccc(Nc3ncnc4ccn(CCOCCO)c34)cc2Cl)c1. The van der Waals surface area contributed by atoms with Crippen LogP contribution in [0.25, 0.3) is 11.0 Å². The number of halogens is 1. The normalized spacial score (nSPS) is 12.0. The Kier molecular flexibility index (Phi) is 7.69. The highest BCUT2D eigenvalue weighted by molar-refractivity contribution is 6.32. The maximum atomic E-state index is 10.8. The zero-order chi connectivity index (χ0) is 23.9. The van der Waals surface area contributed by atoms with Crippen molar-refractivity contribution in [3.63, 3.8) is 0 Å². The van der Waals surface area contributed by atoms with Crippen LogP contribution in [0.3, 0.4) is 0 Å². The molecule has 1 unspecified atom stereocenters. The first-order valence-electron chi connectivity index (χ1n) is 10.7. The molecule has 0 saturated heterocycles. The van der Waals surface area contributed by atoms with E-state index in [4.69, 9.17) is 26.2 Å². The number of anilines is 2. The number of benzene rings is 2. The van der Waals surface area contributed by atoms with Crippen LogP contribution in [0.2, 0.25) is 5.02 Å². The van der Waals surface area contributed by atoms with Gasteiger partial charge in [-0.25, -0.2) is 9.97 Å². The van der Waals surface area contributed by atoms with Gasteiger partial charge < -0.3 is 24.5 Å². The average Bonchev–Trinajstić information content (AvgIpc) is 3.27. The Morgan fingerprint density at radius 2 is 2.06 bits per heavy atom. The summed E-state index contributed by atoms with van der Waals surface area (Å²) >= 11 is 6.49. The molecule has 0 aliphatic rings. The Balaban J connectivity index is 1.52. The number of hydrogen-bond donors (Lipinski definition) is 2. The van der Waals surface area contributed by atoms with E-state index in [1.54, 1.807) is 37.3 Å². The third kappa shape index (κ3) is 5.51. The number of hydrogen-bond acceptors (Lipinski definition) is 8. The third-order valence-electron chi connectivity index (χ3n) is 5.18. The molecular weight excluding hydrogens is 458 g/mol. The minimum absolute atomic E-state index is 0.0106. The molecule has 0 saturated carbocycles. The van der Waals surface area contributed by atoms with E-state index in [0.29, 0.717) is 42.1 Å². The van der Waals surface area contributed by atoms with E-state index >= 15 is 0 Å². The summed E-state index contributed by atoms with van der Waals surface area (Å²) in [4.78, 5) is 19.6. The summed E-state index contributed by atoms with van der Waals surface area (Å²) in [5, 5.41) is 15.6. The average molecular weight is 482 g/mol. The lowest BCUT2D eigenvalue weighted by atomic mass is 10.1. The summed E-state index contributed by atoms with van der Waals surface area (Å²) < 4.78 is 13.3. The molecule has 2 aromatic heterocycles. The van der Waals surface area contributed by atoms with Crippen molar-refractivity contribution in [2.24, 2.45) is 5.18 Å². The zero-order valence-corrected chi connectivity index (χ0v) is 19.3. The minimum atomic E-state index is -0.463. The van der Waals surface area contributed by atoms with Gasteiger partial charge in [-0.3, -0.25) is 0 Å². The minimum Gasteiger partial charge on any atom is -0.456 e. The van der Waals surface area contributed by atoms with E-state index in [2.05, 4.69) is 20.5 Å². The van der Waals surface area contributed by atoms with Crippen molar-refractivity contribution in [2.75, 3.05) is 25.1 Å². The molecule has 34 heavy (non-hydrogen) atoms. The van der Waals surface area contributed by atoms with Crippen LogP contribution in [0.5, 0.6) is 11.5 Å². The predicted molar refractivity (Wildman–Crippen MR) is 131 cm³/mol. The first-order valence-corrected chi connectivity index (χ1v) is 11.1. The summed E-state index contributed by atoms with van der Waals surface area (Å²) in [6.45, 7) is 3.06. The molecule has 1 atom stereocenters. The molecular formula is C24H24ClN5O4. The van der Waals surface area contributed by atoms with E-state index in [1.807, 2.05) is 29.0 Å². The molecule has 0 radical (unpaired) electrons. The molecule has 2 N–H and O–H groups in total. The molecule has 176 valence electrons. The van der Waals surface area contributed by atoms with E-state index < -0.39 is 6.04 Å². The van der Waals surface area contributed by atoms with E-state index in [0.717, 1.165) is 22.3 Å². The van der Waals surface area contributed by atoms with Crippen molar-refractivity contribution in [1.29, 1.82) is 0 Å². The lowest BCUT2D eigenvalue weighted by molar-refractivity contribution is 0.0875. The summed E-state index contributed by atoms with van der Waals surface area (Å²) in [5.41, 5.74) is 3.12. The van der Waals surface area contributed by atoms with Gasteiger partial charge in [0.15, 0.2) is 5.82 Å². The second-order valence-electron chi connectivity index (χ2n) is 7.53. The molecule has 10 heteroatoms. The van der Waals surface area contributed by atoms with Crippen LogP contribution in [0.4, 0.5) is 11.5 Å². The number of aromatic nitrogens is 3. The topological polar surface area (TPSA) is 111 Å². The zero-order valence-electron chi connectivity index (χ0n) is 18.5. The summed E-state index contributed by atoms with van der Waals surface area (Å²) in [7, 11) is 0. The van der Waals surface area contributed by atoms with Crippen molar-refractivity contribution in [3.05, 3.63) is 76.5 Å². The lowest BCUT2D eigenvalue weighted by Gasteiger charge is -2.13. The maximum Gasteiger partial charge on any atom is 0.158 e. The van der Waals surface area contributed by atoms with Gasteiger partial charge in [0.1, 0.15) is 29.4 Å². The predicted octanol–water partition coefficient (Wildman–Crippen LogP) is 5.46. The highest BCUT2D eigenvalue weighted by Crippen LogP contribution is 2.34. The molecule has 0 aliphatic carbocycles. The molecule has 0 spiro atoms. The number of nitrogens with zero attached hydrogens (tertiary/aromatic N) is 4. The molecule has 9 nitrogen and oxygen atoms in total. The first kappa shape index (κ1) is 23.6. The fraction of sp³-hybridized carbons (Fsp3) is 0.250. The van der Waals surface area contributed by atoms with Crippen molar-refractivity contribution in [3.8, 4) is 11.5 Å². The second-order valence-corrected chi connectivity index (χ2v) is 7.93. The van der Waals surface area contributed by atoms with Gasteiger partial charge in [-0.2, -0.15) is 4.91 Å². The van der Waals surface area contributed by atoms with Crippen molar-refractivity contribution < 1.29 is 14.6 Å². The standard InChI is InChI=1S/C24H24ClN5O4/c1-16(29-32)17-3-2-4-19(13-17)34-22-6-5-18(14-20(22)25)28-24-23-21(26-15-27-24)7-8-30(23)9-11-33-12-10-31/h2-8,13-16,31H,9-12H2,1H3,(H,26,27,28). The number of fused-ring (bicyclic) bond motifs is 1. The van der Waals surface area contributed by atoms with E-state index in [1.165, 1.54) is 6.33 Å². The Labute approximate surface area is 201 Å². The molecule has 4 rings (SSSR count). The van der Waals surface area contributed by atoms with Crippen LogP contribution in [0.1, 0.15) is 18.5 Å². The maximum absolute atomic E-state index is 10.8. The van der Waals surface area contributed by atoms with E-state index in [9.17, 15) is 4.91 Å². The van der Waals surface area contributed by atoms with Crippen molar-refractivity contribution >= 4 is 34.1 Å². The third-order valence-corrected chi connectivity index (χ3v) is 5.48. The van der Waals surface area contributed by atoms with Gasteiger partial charge in [0.25, 0.3) is 0 Å². The van der Waals surface area contributed by atoms with Gasteiger partial charge >= 0.3 is 0 Å². The number of aliphatic hydroxyl groups excluding tert-OH is 1. The number of ether oxygens (including phenoxy) is 2. The fourth-order valence-corrected chi connectivity index (χ4v) is 3.68. The summed E-state index contributed by atoms with van der Waals surface area (Å²) in [5.74, 6) is 1.67. The van der Waals surface area contributed by atoms with Gasteiger partial charge in [-0.1, -0.05) is 28.9 Å².